The minimum absolute atomic E-state index is 0.0426. The Bertz CT molecular complexity index is 723. The van der Waals surface area contributed by atoms with Gasteiger partial charge in [-0.15, -0.1) is 5.10 Å². The minimum Gasteiger partial charge on any atom is -0.352 e. The molecule has 112 valence electrons. The van der Waals surface area contributed by atoms with Crippen molar-refractivity contribution in [2.75, 3.05) is 4.72 Å². The quantitative estimate of drug-likeness (QED) is 0.794. The van der Waals surface area contributed by atoms with Gasteiger partial charge in [-0.3, -0.25) is 0 Å². The number of rotatable bonds is 6. The Balaban J connectivity index is 1.76. The van der Waals surface area contributed by atoms with Gasteiger partial charge in [0.05, 0.1) is 12.4 Å². The maximum absolute atomic E-state index is 12.3. The van der Waals surface area contributed by atoms with Gasteiger partial charge < -0.3 is 9.88 Å². The molecular weight excluding hydrogens is 292 g/mol. The second-order valence-electron chi connectivity index (χ2n) is 5.01. The van der Waals surface area contributed by atoms with Crippen LogP contribution in [0.1, 0.15) is 18.5 Å². The van der Waals surface area contributed by atoms with Crippen molar-refractivity contribution in [3.8, 4) is 0 Å². The molecule has 8 nitrogen and oxygen atoms in total. The third kappa shape index (κ3) is 3.37. The largest absolute Gasteiger partial charge is 0.352 e. The van der Waals surface area contributed by atoms with Crippen molar-refractivity contribution in [3.63, 3.8) is 0 Å². The van der Waals surface area contributed by atoms with Gasteiger partial charge in [0.2, 0.25) is 0 Å². The molecule has 2 aromatic heterocycles. The van der Waals surface area contributed by atoms with Gasteiger partial charge in [0.15, 0.2) is 0 Å². The Kier molecular flexibility index (Phi) is 3.60. The number of aryl methyl sites for hydroxylation is 1. The lowest BCUT2D eigenvalue weighted by molar-refractivity contribution is 0.600. The highest BCUT2D eigenvalue weighted by Crippen LogP contribution is 2.20. The lowest BCUT2D eigenvalue weighted by Gasteiger charge is -2.03. The summed E-state index contributed by atoms with van der Waals surface area (Å²) in [5.41, 5.74) is 0.911. The number of nitrogens with one attached hydrogen (secondary N) is 2. The molecule has 9 heteroatoms. The molecule has 0 radical (unpaired) electrons. The standard InChI is InChI=1S/C12H16N6O2S/c1-18-8-11(6-10(18)7-14-9-2-3-9)21(19,20)17-12-13-4-5-15-16-12/h4-6,8-9,14H,2-3,7H2,1H3,(H,13,16,17). The summed E-state index contributed by atoms with van der Waals surface area (Å²) in [5, 5.41) is 10.6. The number of nitrogens with zero attached hydrogens (tertiary/aromatic N) is 4. The van der Waals surface area contributed by atoms with Crippen LogP contribution in [-0.4, -0.2) is 34.2 Å². The van der Waals surface area contributed by atoms with Crippen LogP contribution in [-0.2, 0) is 23.6 Å². The highest BCUT2D eigenvalue weighted by Gasteiger charge is 2.22. The molecule has 0 saturated heterocycles. The number of hydrogen-bond donors (Lipinski definition) is 2. The third-order valence-corrected chi connectivity index (χ3v) is 4.55. The van der Waals surface area contributed by atoms with Crippen molar-refractivity contribution >= 4 is 16.0 Å². The van der Waals surface area contributed by atoms with Crippen LogP contribution < -0.4 is 10.0 Å². The second-order valence-corrected chi connectivity index (χ2v) is 6.69. The van der Waals surface area contributed by atoms with E-state index in [1.165, 1.54) is 25.2 Å². The molecule has 3 rings (SSSR count). The third-order valence-electron chi connectivity index (χ3n) is 3.25. The molecule has 0 aromatic carbocycles. The van der Waals surface area contributed by atoms with Gasteiger partial charge in [0.1, 0.15) is 4.90 Å². The van der Waals surface area contributed by atoms with Gasteiger partial charge in [-0.1, -0.05) is 0 Å². The molecule has 1 saturated carbocycles. The van der Waals surface area contributed by atoms with Gasteiger partial charge in [-0.2, -0.15) is 5.10 Å². The zero-order valence-electron chi connectivity index (χ0n) is 11.5. The molecule has 0 spiro atoms. The van der Waals surface area contributed by atoms with Crippen LogP contribution in [0.4, 0.5) is 5.95 Å². The fraction of sp³-hybridized carbons (Fsp3) is 0.417. The predicted molar refractivity (Wildman–Crippen MR) is 75.9 cm³/mol. The zero-order chi connectivity index (χ0) is 14.9. The molecule has 1 aliphatic carbocycles. The van der Waals surface area contributed by atoms with Crippen LogP contribution in [0, 0.1) is 0 Å². The molecule has 0 unspecified atom stereocenters. The van der Waals surface area contributed by atoms with Gasteiger partial charge >= 0.3 is 0 Å². The van der Waals surface area contributed by atoms with Gasteiger partial charge in [-0.05, 0) is 18.9 Å². The summed E-state index contributed by atoms with van der Waals surface area (Å²) in [5.74, 6) is -0.0426. The molecule has 2 N–H and O–H groups in total. The Hall–Kier alpha value is -2.00. The van der Waals surface area contributed by atoms with Crippen LogP contribution in [0.25, 0.3) is 0 Å². The molecule has 0 atom stereocenters. The average Bonchev–Trinajstić information content (AvgIpc) is 3.20. The zero-order valence-corrected chi connectivity index (χ0v) is 12.3. The number of anilines is 1. The van der Waals surface area contributed by atoms with E-state index >= 15 is 0 Å². The number of sulfonamides is 1. The first kappa shape index (κ1) is 14.0. The summed E-state index contributed by atoms with van der Waals surface area (Å²) in [6.07, 6.45) is 6.70. The first-order valence-electron chi connectivity index (χ1n) is 6.60. The Labute approximate surface area is 122 Å². The van der Waals surface area contributed by atoms with E-state index in [1.54, 1.807) is 16.8 Å². The first-order chi connectivity index (χ1) is 10.0. The highest BCUT2D eigenvalue weighted by molar-refractivity contribution is 7.92. The molecule has 1 aliphatic rings. The van der Waals surface area contributed by atoms with E-state index in [-0.39, 0.29) is 10.8 Å². The predicted octanol–water partition coefficient (Wildman–Crippen LogP) is 0.263. The molecule has 0 bridgehead atoms. The van der Waals surface area contributed by atoms with Crippen LogP contribution in [0.5, 0.6) is 0 Å². The van der Waals surface area contributed by atoms with E-state index in [4.69, 9.17) is 0 Å². The Morgan fingerprint density at radius 3 is 2.86 bits per heavy atom. The van der Waals surface area contributed by atoms with E-state index in [2.05, 4.69) is 25.2 Å². The summed E-state index contributed by atoms with van der Waals surface area (Å²) >= 11 is 0. The highest BCUT2D eigenvalue weighted by atomic mass is 32.2. The van der Waals surface area contributed by atoms with E-state index in [0.717, 1.165) is 5.69 Å². The summed E-state index contributed by atoms with van der Waals surface area (Å²) < 4.78 is 28.6. The van der Waals surface area contributed by atoms with Crippen molar-refractivity contribution in [2.24, 2.45) is 7.05 Å². The van der Waals surface area contributed by atoms with Gasteiger partial charge in [-0.25, -0.2) is 18.1 Å². The monoisotopic (exact) mass is 308 g/mol. The molecular formula is C12H16N6O2S. The smallest absolute Gasteiger partial charge is 0.265 e. The molecule has 21 heavy (non-hydrogen) atoms. The molecule has 0 amide bonds. The lowest BCUT2D eigenvalue weighted by Crippen LogP contribution is -2.17. The number of aromatic nitrogens is 4. The molecule has 2 heterocycles. The molecule has 2 aromatic rings. The van der Waals surface area contributed by atoms with E-state index in [0.29, 0.717) is 12.6 Å². The Morgan fingerprint density at radius 1 is 1.38 bits per heavy atom. The normalized spacial score (nSPS) is 15.1. The van der Waals surface area contributed by atoms with Gasteiger partial charge in [0.25, 0.3) is 16.0 Å². The maximum atomic E-state index is 12.3. The fourth-order valence-electron chi connectivity index (χ4n) is 1.91. The molecule has 1 fully saturated rings. The first-order valence-corrected chi connectivity index (χ1v) is 8.08. The fourth-order valence-corrected chi connectivity index (χ4v) is 2.95. The average molecular weight is 308 g/mol. The second kappa shape index (κ2) is 5.41. The van der Waals surface area contributed by atoms with Crippen molar-refractivity contribution in [2.45, 2.75) is 30.3 Å². The van der Waals surface area contributed by atoms with Crippen molar-refractivity contribution in [1.29, 1.82) is 0 Å². The van der Waals surface area contributed by atoms with Crippen LogP contribution in [0.3, 0.4) is 0 Å². The summed E-state index contributed by atoms with van der Waals surface area (Å²) in [4.78, 5) is 3.99. The van der Waals surface area contributed by atoms with Crippen molar-refractivity contribution in [3.05, 3.63) is 30.4 Å². The summed E-state index contributed by atoms with van der Waals surface area (Å²) in [6, 6.07) is 2.22. The van der Waals surface area contributed by atoms with Crippen molar-refractivity contribution < 1.29 is 8.42 Å². The van der Waals surface area contributed by atoms with E-state index < -0.39 is 10.0 Å². The topological polar surface area (TPSA) is 102 Å². The van der Waals surface area contributed by atoms with Gasteiger partial charge in [0, 0.05) is 31.5 Å². The maximum Gasteiger partial charge on any atom is 0.265 e. The van der Waals surface area contributed by atoms with Crippen LogP contribution in [0.2, 0.25) is 0 Å². The number of hydrogen-bond acceptors (Lipinski definition) is 6. The minimum atomic E-state index is -3.70. The van der Waals surface area contributed by atoms with Crippen LogP contribution in [0.15, 0.2) is 29.6 Å². The summed E-state index contributed by atoms with van der Waals surface area (Å²) in [6.45, 7) is 0.653. The van der Waals surface area contributed by atoms with E-state index in [1.807, 2.05) is 7.05 Å². The Morgan fingerprint density at radius 2 is 2.19 bits per heavy atom. The molecule has 0 aliphatic heterocycles. The summed E-state index contributed by atoms with van der Waals surface area (Å²) in [7, 11) is -1.88. The van der Waals surface area contributed by atoms with Crippen molar-refractivity contribution in [1.82, 2.24) is 25.1 Å². The lowest BCUT2D eigenvalue weighted by atomic mass is 10.4. The van der Waals surface area contributed by atoms with E-state index in [9.17, 15) is 8.42 Å². The van der Waals surface area contributed by atoms with Crippen LogP contribution >= 0.6 is 0 Å². The SMILES string of the molecule is Cn1cc(S(=O)(=O)Nc2nccnn2)cc1CNC1CC1.